The first-order valence-electron chi connectivity index (χ1n) is 3.29. The molecule has 0 amide bonds. The van der Waals surface area contributed by atoms with Crippen molar-refractivity contribution in [3.05, 3.63) is 3.14 Å². The molecule has 0 spiro atoms. The van der Waals surface area contributed by atoms with Gasteiger partial charge in [0, 0.05) is 16.3 Å². The summed E-state index contributed by atoms with van der Waals surface area (Å²) in [6.07, 6.45) is 0. The summed E-state index contributed by atoms with van der Waals surface area (Å²) >= 11 is 16.1. The van der Waals surface area contributed by atoms with Crippen molar-refractivity contribution in [3.63, 3.8) is 0 Å². The van der Waals surface area contributed by atoms with E-state index in [1.807, 2.05) is 23.5 Å². The number of halogens is 1. The summed E-state index contributed by atoms with van der Waals surface area (Å²) in [4.78, 5) is 0. The van der Waals surface area contributed by atoms with E-state index < -0.39 is 0 Å². The van der Waals surface area contributed by atoms with Gasteiger partial charge in [-0.1, -0.05) is 28.1 Å². The van der Waals surface area contributed by atoms with Crippen molar-refractivity contribution < 1.29 is 0 Å². The minimum atomic E-state index is 0.725. The zero-order valence-electron chi connectivity index (χ0n) is 5.91. The number of alkyl halides is 1. The Morgan fingerprint density at radius 1 is 1.42 bits per heavy atom. The van der Waals surface area contributed by atoms with Crippen LogP contribution in [0.2, 0.25) is 0 Å². The zero-order valence-corrected chi connectivity index (χ0v) is 11.6. The van der Waals surface area contributed by atoms with E-state index in [2.05, 4.69) is 15.9 Å². The van der Waals surface area contributed by atoms with E-state index in [0.717, 1.165) is 13.7 Å². The largest absolute Gasteiger partial charge is 0.145 e. The molecule has 0 saturated carbocycles. The van der Waals surface area contributed by atoms with E-state index >= 15 is 0 Å². The van der Waals surface area contributed by atoms with Gasteiger partial charge in [-0.2, -0.15) is 0 Å². The van der Waals surface area contributed by atoms with Crippen LogP contribution >= 0.6 is 74.3 Å². The van der Waals surface area contributed by atoms with E-state index in [9.17, 15) is 0 Å². The van der Waals surface area contributed by atoms with Gasteiger partial charge in [0.1, 0.15) is 3.14 Å². The van der Waals surface area contributed by atoms with Gasteiger partial charge in [0.05, 0.1) is 8.42 Å². The van der Waals surface area contributed by atoms with Crippen LogP contribution in [0.15, 0.2) is 8.42 Å². The lowest BCUT2D eigenvalue weighted by atomic mass is 10.6. The van der Waals surface area contributed by atoms with Gasteiger partial charge in [0.2, 0.25) is 0 Å². The lowest BCUT2D eigenvalue weighted by Crippen LogP contribution is -2.09. The highest BCUT2D eigenvalue weighted by molar-refractivity contribution is 9.09. The molecule has 1 aliphatic heterocycles. The molecule has 12 heavy (non-hydrogen) atoms. The van der Waals surface area contributed by atoms with Gasteiger partial charge < -0.3 is 0 Å². The highest BCUT2D eigenvalue weighted by atomic mass is 79.9. The summed E-state index contributed by atoms with van der Waals surface area (Å²) in [5, 5.41) is 1.81. The molecular weight excluding hydrogens is 312 g/mol. The number of fused-ring (bicyclic) bond motifs is 1. The van der Waals surface area contributed by atoms with Crippen LogP contribution in [-0.4, -0.2) is 16.3 Å². The average molecular weight is 317 g/mol. The maximum absolute atomic E-state index is 5.15. The molecule has 0 radical (unpaired) electrons. The summed E-state index contributed by atoms with van der Waals surface area (Å²) < 4.78 is 3.94. The molecular formula is C6H5BrS5. The fourth-order valence-corrected chi connectivity index (χ4v) is 8.24. The summed E-state index contributed by atoms with van der Waals surface area (Å²) in [7, 11) is 0. The molecule has 2 rings (SSSR count). The van der Waals surface area contributed by atoms with Crippen molar-refractivity contribution >= 4 is 74.3 Å². The van der Waals surface area contributed by atoms with E-state index in [1.165, 1.54) is 14.2 Å². The van der Waals surface area contributed by atoms with Gasteiger partial charge >= 0.3 is 0 Å². The predicted octanol–water partition coefficient (Wildman–Crippen LogP) is 4.50. The van der Waals surface area contributed by atoms with Crippen molar-refractivity contribution in [1.29, 1.82) is 0 Å². The normalized spacial score (nSPS) is 22.2. The summed E-state index contributed by atoms with van der Waals surface area (Å²) in [6.45, 7) is 0. The molecule has 2 heterocycles. The number of hydrogen-bond donors (Lipinski definition) is 0. The lowest BCUT2D eigenvalue weighted by molar-refractivity contribution is 1.14. The second-order valence-electron chi connectivity index (χ2n) is 2.23. The molecule has 0 nitrogen and oxygen atoms in total. The number of thioether (sulfide) groups is 2. The fraction of sp³-hybridized carbons (Fsp3) is 0.500. The van der Waals surface area contributed by atoms with Gasteiger partial charge in [-0.15, -0.1) is 46.2 Å². The topological polar surface area (TPSA) is 0 Å². The molecule has 6 heteroatoms. The first-order chi connectivity index (χ1) is 5.79. The fourth-order valence-electron chi connectivity index (χ4n) is 0.846. The molecule has 0 aliphatic carbocycles. The Labute approximate surface area is 101 Å². The molecule has 0 bridgehead atoms. The molecule has 1 aliphatic rings. The van der Waals surface area contributed by atoms with Crippen LogP contribution in [0.3, 0.4) is 0 Å². The van der Waals surface area contributed by atoms with E-state index in [1.54, 1.807) is 22.7 Å². The molecule has 0 saturated heterocycles. The Kier molecular flexibility index (Phi) is 3.59. The Hall–Kier alpha value is 1.45. The first kappa shape index (κ1) is 9.98. The second kappa shape index (κ2) is 4.31. The third kappa shape index (κ3) is 2.09. The monoisotopic (exact) mass is 316 g/mol. The third-order valence-electron chi connectivity index (χ3n) is 1.36. The van der Waals surface area contributed by atoms with Crippen molar-refractivity contribution in [1.82, 2.24) is 0 Å². The molecule has 1 aromatic rings. The SMILES string of the molecule is S=c1sc2c(s1)SC(CBr)CS2. The predicted molar refractivity (Wildman–Crippen MR) is 67.2 cm³/mol. The zero-order chi connectivity index (χ0) is 8.55. The van der Waals surface area contributed by atoms with Crippen LogP contribution in [0.4, 0.5) is 0 Å². The Bertz CT molecular complexity index is 327. The quantitative estimate of drug-likeness (QED) is 0.553. The standard InChI is InChI=1S/C6H5BrS5/c7-1-3-2-9-4-5(10-3)12-6(8)11-4/h3H,1-2H2. The van der Waals surface area contributed by atoms with E-state index in [4.69, 9.17) is 12.2 Å². The van der Waals surface area contributed by atoms with Gasteiger partial charge in [-0.05, 0) is 0 Å². The van der Waals surface area contributed by atoms with Gasteiger partial charge in [0.15, 0.2) is 0 Å². The van der Waals surface area contributed by atoms with Crippen molar-refractivity contribution in [2.45, 2.75) is 13.7 Å². The van der Waals surface area contributed by atoms with Crippen LogP contribution in [0, 0.1) is 3.14 Å². The van der Waals surface area contributed by atoms with Crippen molar-refractivity contribution in [3.8, 4) is 0 Å². The Balaban J connectivity index is 2.28. The number of rotatable bonds is 1. The molecule has 0 N–H and O–H groups in total. The Morgan fingerprint density at radius 3 is 2.92 bits per heavy atom. The van der Waals surface area contributed by atoms with Crippen LogP contribution < -0.4 is 0 Å². The smallest absolute Gasteiger partial charge is 0.112 e. The summed E-state index contributed by atoms with van der Waals surface area (Å²) in [5.41, 5.74) is 0. The van der Waals surface area contributed by atoms with Crippen molar-refractivity contribution in [2.75, 3.05) is 11.1 Å². The molecule has 0 aromatic carbocycles. The summed E-state index contributed by atoms with van der Waals surface area (Å²) in [5.74, 6) is 1.21. The van der Waals surface area contributed by atoms with Gasteiger partial charge in [0.25, 0.3) is 0 Å². The molecule has 66 valence electrons. The number of hydrogen-bond acceptors (Lipinski definition) is 5. The van der Waals surface area contributed by atoms with E-state index in [0.29, 0.717) is 0 Å². The molecule has 1 aromatic heterocycles. The molecule has 1 atom stereocenters. The van der Waals surface area contributed by atoms with Gasteiger partial charge in [-0.3, -0.25) is 0 Å². The second-order valence-corrected chi connectivity index (χ2v) is 8.96. The van der Waals surface area contributed by atoms with Gasteiger partial charge in [-0.25, -0.2) is 0 Å². The minimum Gasteiger partial charge on any atom is -0.112 e. The highest BCUT2D eigenvalue weighted by Crippen LogP contribution is 2.47. The first-order valence-corrected chi connectivity index (χ1v) is 8.31. The molecule has 1 unspecified atom stereocenters. The Morgan fingerprint density at radius 2 is 2.17 bits per heavy atom. The summed E-state index contributed by atoms with van der Waals surface area (Å²) in [6, 6.07) is 0. The van der Waals surface area contributed by atoms with Crippen LogP contribution in [0.5, 0.6) is 0 Å². The van der Waals surface area contributed by atoms with Crippen LogP contribution in [-0.2, 0) is 0 Å². The van der Waals surface area contributed by atoms with Crippen molar-refractivity contribution in [2.24, 2.45) is 0 Å². The van der Waals surface area contributed by atoms with Crippen LogP contribution in [0.25, 0.3) is 0 Å². The van der Waals surface area contributed by atoms with Crippen LogP contribution in [0.1, 0.15) is 0 Å². The molecule has 0 fully saturated rings. The minimum absolute atomic E-state index is 0.725. The maximum Gasteiger partial charge on any atom is 0.145 e. The lowest BCUT2D eigenvalue weighted by Gasteiger charge is -2.17. The highest BCUT2D eigenvalue weighted by Gasteiger charge is 2.21. The average Bonchev–Trinajstić information content (AvgIpc) is 2.43. The van der Waals surface area contributed by atoms with E-state index in [-0.39, 0.29) is 0 Å². The maximum atomic E-state index is 5.15. The third-order valence-corrected chi connectivity index (χ3v) is 8.68.